The number of hydrogen-bond donors (Lipinski definition) is 1. The molecule has 1 N–H and O–H groups in total. The first-order valence-electron chi connectivity index (χ1n) is 6.40. The molecule has 6 heteroatoms. The van der Waals surface area contributed by atoms with Crippen LogP contribution in [-0.4, -0.2) is 4.92 Å². The molecule has 21 heavy (non-hydrogen) atoms. The smallest absolute Gasteiger partial charge is 0.275 e. The van der Waals surface area contributed by atoms with E-state index in [2.05, 4.69) is 5.32 Å². The number of nitrogens with one attached hydrogen (secondary N) is 1. The van der Waals surface area contributed by atoms with E-state index in [9.17, 15) is 14.5 Å². The van der Waals surface area contributed by atoms with Gasteiger partial charge in [-0.05, 0) is 19.1 Å². The highest BCUT2D eigenvalue weighted by atomic mass is 35.5. The molecule has 0 bridgehead atoms. The van der Waals surface area contributed by atoms with Crippen molar-refractivity contribution in [1.82, 2.24) is 5.32 Å². The molecule has 0 heterocycles. The molecule has 0 aliphatic rings. The van der Waals surface area contributed by atoms with Gasteiger partial charge in [0.05, 0.1) is 15.5 Å². The maximum atomic E-state index is 13.7. The lowest BCUT2D eigenvalue weighted by Crippen LogP contribution is -2.20. The Kier molecular flexibility index (Phi) is 4.88. The van der Waals surface area contributed by atoms with Gasteiger partial charge in [-0.3, -0.25) is 10.1 Å². The van der Waals surface area contributed by atoms with Crippen molar-refractivity contribution in [2.45, 2.75) is 19.5 Å². The van der Waals surface area contributed by atoms with Crippen LogP contribution in [0.1, 0.15) is 24.1 Å². The summed E-state index contributed by atoms with van der Waals surface area (Å²) in [5.41, 5.74) is 0.857. The molecule has 0 aromatic heterocycles. The van der Waals surface area contributed by atoms with Gasteiger partial charge in [-0.15, -0.1) is 0 Å². The normalized spacial score (nSPS) is 12.1. The van der Waals surface area contributed by atoms with Crippen molar-refractivity contribution in [2.75, 3.05) is 0 Å². The summed E-state index contributed by atoms with van der Waals surface area (Å²) < 4.78 is 13.7. The molecule has 4 nitrogen and oxygen atoms in total. The summed E-state index contributed by atoms with van der Waals surface area (Å²) >= 11 is 6.02. The lowest BCUT2D eigenvalue weighted by atomic mass is 10.1. The molecule has 0 amide bonds. The molecule has 0 fully saturated rings. The van der Waals surface area contributed by atoms with Crippen LogP contribution in [0.3, 0.4) is 0 Å². The molecule has 110 valence electrons. The lowest BCUT2D eigenvalue weighted by molar-refractivity contribution is -0.385. The number of nitrogens with zero attached hydrogens (tertiary/aromatic N) is 1. The standard InChI is InChI=1S/C15H14ClFN2O2/c1-10(11-5-2-3-7-14(11)17)18-9-12-13(16)6-4-8-15(12)19(20)21/h2-8,10,18H,9H2,1H3/t10-/m1/s1. The summed E-state index contributed by atoms with van der Waals surface area (Å²) in [4.78, 5) is 10.5. The van der Waals surface area contributed by atoms with Gasteiger partial charge >= 0.3 is 0 Å². The lowest BCUT2D eigenvalue weighted by Gasteiger charge is -2.15. The Hall–Kier alpha value is -1.98. The maximum Gasteiger partial charge on any atom is 0.275 e. The monoisotopic (exact) mass is 308 g/mol. The Labute approximate surface area is 126 Å². The Balaban J connectivity index is 2.17. The van der Waals surface area contributed by atoms with Gasteiger partial charge in [0, 0.05) is 24.2 Å². The van der Waals surface area contributed by atoms with Crippen LogP contribution in [0.25, 0.3) is 0 Å². The summed E-state index contributed by atoms with van der Waals surface area (Å²) in [7, 11) is 0. The van der Waals surface area contributed by atoms with Crippen molar-refractivity contribution in [3.05, 3.63) is 74.5 Å². The predicted octanol–water partition coefficient (Wildman–Crippen LogP) is 4.24. The minimum Gasteiger partial charge on any atom is -0.306 e. The van der Waals surface area contributed by atoms with Crippen molar-refractivity contribution < 1.29 is 9.31 Å². The third-order valence-electron chi connectivity index (χ3n) is 3.25. The third kappa shape index (κ3) is 3.56. The highest BCUT2D eigenvalue weighted by Gasteiger charge is 2.18. The SMILES string of the molecule is C[C@@H](NCc1c(Cl)cccc1[N+](=O)[O-])c1ccccc1F. The quantitative estimate of drug-likeness (QED) is 0.664. The van der Waals surface area contributed by atoms with E-state index in [1.165, 1.54) is 18.2 Å². The Morgan fingerprint density at radius 1 is 1.29 bits per heavy atom. The van der Waals surface area contributed by atoms with Crippen molar-refractivity contribution in [3.63, 3.8) is 0 Å². The average Bonchev–Trinajstić information content (AvgIpc) is 2.45. The fourth-order valence-corrected chi connectivity index (χ4v) is 2.32. The molecule has 0 saturated carbocycles. The third-order valence-corrected chi connectivity index (χ3v) is 3.60. The molecule has 0 radical (unpaired) electrons. The van der Waals surface area contributed by atoms with Gasteiger partial charge in [-0.25, -0.2) is 4.39 Å². The zero-order chi connectivity index (χ0) is 15.4. The molecule has 2 rings (SSSR count). The summed E-state index contributed by atoms with van der Waals surface area (Å²) in [6.45, 7) is 1.98. The van der Waals surface area contributed by atoms with Crippen molar-refractivity contribution in [2.24, 2.45) is 0 Å². The number of nitro groups is 1. The van der Waals surface area contributed by atoms with Gasteiger partial charge in [0.1, 0.15) is 5.82 Å². The fraction of sp³-hybridized carbons (Fsp3) is 0.200. The number of benzene rings is 2. The van der Waals surface area contributed by atoms with Crippen LogP contribution >= 0.6 is 11.6 Å². The first-order valence-corrected chi connectivity index (χ1v) is 6.78. The summed E-state index contributed by atoms with van der Waals surface area (Å²) in [6, 6.07) is 10.7. The molecule has 0 saturated heterocycles. The predicted molar refractivity (Wildman–Crippen MR) is 79.8 cm³/mol. The number of nitro benzene ring substituents is 1. The Morgan fingerprint density at radius 3 is 2.67 bits per heavy atom. The van der Waals surface area contributed by atoms with Crippen LogP contribution in [0.5, 0.6) is 0 Å². The zero-order valence-corrected chi connectivity index (χ0v) is 12.1. The molecule has 1 atom stereocenters. The Morgan fingerprint density at radius 2 is 2.00 bits per heavy atom. The summed E-state index contributed by atoms with van der Waals surface area (Å²) in [5, 5.41) is 14.4. The minimum atomic E-state index is -0.476. The van der Waals surface area contributed by atoms with Crippen LogP contribution < -0.4 is 5.32 Å². The molecular weight excluding hydrogens is 295 g/mol. The summed E-state index contributed by atoms with van der Waals surface area (Å²) in [6.07, 6.45) is 0. The fourth-order valence-electron chi connectivity index (χ4n) is 2.08. The van der Waals surface area contributed by atoms with E-state index >= 15 is 0 Å². The van der Waals surface area contributed by atoms with Gasteiger partial charge in [0.25, 0.3) is 5.69 Å². The first kappa shape index (κ1) is 15.4. The minimum absolute atomic E-state index is 0.0456. The van der Waals surface area contributed by atoms with Gasteiger partial charge in [-0.2, -0.15) is 0 Å². The van der Waals surface area contributed by atoms with Gasteiger partial charge in [0.15, 0.2) is 0 Å². The van der Waals surface area contributed by atoms with Gasteiger partial charge in [0.2, 0.25) is 0 Å². The van der Waals surface area contributed by atoms with Crippen LogP contribution in [0.2, 0.25) is 5.02 Å². The largest absolute Gasteiger partial charge is 0.306 e. The average molecular weight is 309 g/mol. The first-order chi connectivity index (χ1) is 10.0. The Bertz CT molecular complexity index is 664. The van der Waals surface area contributed by atoms with Crippen LogP contribution in [-0.2, 0) is 6.54 Å². The molecule has 2 aromatic rings. The second-order valence-corrected chi connectivity index (χ2v) is 5.03. The van der Waals surface area contributed by atoms with E-state index in [0.717, 1.165) is 0 Å². The highest BCUT2D eigenvalue weighted by Crippen LogP contribution is 2.27. The van der Waals surface area contributed by atoms with Crippen molar-refractivity contribution in [1.29, 1.82) is 0 Å². The molecule has 0 aliphatic heterocycles. The molecule has 0 spiro atoms. The molecular formula is C15H14ClFN2O2. The number of rotatable bonds is 5. The maximum absolute atomic E-state index is 13.7. The number of hydrogen-bond acceptors (Lipinski definition) is 3. The van der Waals surface area contributed by atoms with Crippen LogP contribution in [0.15, 0.2) is 42.5 Å². The van der Waals surface area contributed by atoms with Crippen LogP contribution in [0.4, 0.5) is 10.1 Å². The molecule has 0 aliphatic carbocycles. The van der Waals surface area contributed by atoms with Gasteiger partial charge < -0.3 is 5.32 Å². The van der Waals surface area contributed by atoms with Crippen LogP contribution in [0, 0.1) is 15.9 Å². The van der Waals surface area contributed by atoms with E-state index in [1.807, 2.05) is 0 Å². The van der Waals surface area contributed by atoms with Crippen molar-refractivity contribution >= 4 is 17.3 Å². The highest BCUT2D eigenvalue weighted by molar-refractivity contribution is 6.31. The number of halogens is 2. The van der Waals surface area contributed by atoms with E-state index in [-0.39, 0.29) is 24.1 Å². The second-order valence-electron chi connectivity index (χ2n) is 4.62. The zero-order valence-electron chi connectivity index (χ0n) is 11.3. The van der Waals surface area contributed by atoms with E-state index in [0.29, 0.717) is 16.1 Å². The second kappa shape index (κ2) is 6.65. The topological polar surface area (TPSA) is 55.2 Å². The van der Waals surface area contributed by atoms with E-state index in [1.54, 1.807) is 31.2 Å². The van der Waals surface area contributed by atoms with E-state index < -0.39 is 4.92 Å². The molecule has 0 unspecified atom stereocenters. The molecule has 2 aromatic carbocycles. The van der Waals surface area contributed by atoms with Gasteiger partial charge in [-0.1, -0.05) is 35.9 Å². The van der Waals surface area contributed by atoms with Crippen molar-refractivity contribution in [3.8, 4) is 0 Å². The van der Waals surface area contributed by atoms with E-state index in [4.69, 9.17) is 11.6 Å². The summed E-state index contributed by atoms with van der Waals surface area (Å²) in [5.74, 6) is -0.314.